The first-order chi connectivity index (χ1) is 9.69. The highest BCUT2D eigenvalue weighted by Crippen LogP contribution is 2.29. The number of carbonyl (C=O) groups is 1. The number of rotatable bonds is 4. The third-order valence-corrected chi connectivity index (χ3v) is 4.33. The van der Waals surface area contributed by atoms with E-state index in [-0.39, 0.29) is 17.8 Å². The van der Waals surface area contributed by atoms with Crippen molar-refractivity contribution in [1.82, 2.24) is 15.0 Å². The maximum Gasteiger partial charge on any atom is 0.237 e. The van der Waals surface area contributed by atoms with Gasteiger partial charge >= 0.3 is 0 Å². The summed E-state index contributed by atoms with van der Waals surface area (Å²) in [6.07, 6.45) is 3.00. The molecular formula is C14H21N3O3. The minimum Gasteiger partial charge on any atom is -0.367 e. The van der Waals surface area contributed by atoms with Crippen molar-refractivity contribution in [2.45, 2.75) is 51.2 Å². The number of Topliss-reactive ketones (excluding diaryl/α,β-unsaturated/α-hetero) is 1. The Kier molecular flexibility index (Phi) is 3.85. The average Bonchev–Trinajstić information content (AvgIpc) is 3.06. The van der Waals surface area contributed by atoms with Crippen LogP contribution in [0.4, 0.5) is 0 Å². The van der Waals surface area contributed by atoms with E-state index in [0.717, 1.165) is 19.7 Å². The summed E-state index contributed by atoms with van der Waals surface area (Å²) < 4.78 is 11.1. The second-order valence-electron chi connectivity index (χ2n) is 5.68. The minimum absolute atomic E-state index is 0.0619. The molecule has 2 aliphatic heterocycles. The van der Waals surface area contributed by atoms with Crippen LogP contribution in [0.5, 0.6) is 0 Å². The molecule has 0 amide bonds. The number of ether oxygens (including phenoxy) is 1. The molecule has 3 heterocycles. The Bertz CT molecular complexity index is 488. The van der Waals surface area contributed by atoms with Crippen molar-refractivity contribution >= 4 is 5.78 Å². The molecule has 0 aromatic carbocycles. The van der Waals surface area contributed by atoms with Gasteiger partial charge in [0.1, 0.15) is 11.9 Å². The number of ketones is 1. The maximum atomic E-state index is 11.5. The molecule has 0 spiro atoms. The molecule has 6 heteroatoms. The van der Waals surface area contributed by atoms with Gasteiger partial charge in [0.15, 0.2) is 0 Å². The summed E-state index contributed by atoms with van der Waals surface area (Å²) in [6.45, 7) is 6.19. The molecule has 3 unspecified atom stereocenters. The summed E-state index contributed by atoms with van der Waals surface area (Å²) >= 11 is 0. The van der Waals surface area contributed by atoms with Crippen molar-refractivity contribution in [2.24, 2.45) is 0 Å². The number of aromatic nitrogens is 2. The van der Waals surface area contributed by atoms with Gasteiger partial charge in [-0.3, -0.25) is 9.69 Å². The van der Waals surface area contributed by atoms with Crippen LogP contribution in [0, 0.1) is 0 Å². The molecule has 1 aromatic heterocycles. The normalized spacial score (nSPS) is 28.3. The third kappa shape index (κ3) is 2.50. The fourth-order valence-electron chi connectivity index (χ4n) is 3.13. The topological polar surface area (TPSA) is 68.5 Å². The van der Waals surface area contributed by atoms with Gasteiger partial charge in [-0.1, -0.05) is 12.1 Å². The van der Waals surface area contributed by atoms with Crippen molar-refractivity contribution in [3.8, 4) is 0 Å². The Morgan fingerprint density at radius 2 is 2.40 bits per heavy atom. The Balaban J connectivity index is 1.72. The molecule has 0 bridgehead atoms. The summed E-state index contributed by atoms with van der Waals surface area (Å²) in [5, 5.41) is 4.02. The quantitative estimate of drug-likeness (QED) is 0.835. The maximum absolute atomic E-state index is 11.5. The smallest absolute Gasteiger partial charge is 0.237 e. The monoisotopic (exact) mass is 279 g/mol. The predicted octanol–water partition coefficient (Wildman–Crippen LogP) is 1.69. The molecule has 0 radical (unpaired) electrons. The Morgan fingerprint density at radius 1 is 1.55 bits per heavy atom. The van der Waals surface area contributed by atoms with Gasteiger partial charge in [0.2, 0.25) is 11.7 Å². The highest BCUT2D eigenvalue weighted by molar-refractivity contribution is 5.82. The number of fused-ring (bicyclic) bond motifs is 1. The van der Waals surface area contributed by atoms with E-state index in [0.29, 0.717) is 24.2 Å². The first kappa shape index (κ1) is 13.7. The van der Waals surface area contributed by atoms with Crippen LogP contribution in [0.2, 0.25) is 0 Å². The highest BCUT2D eigenvalue weighted by Gasteiger charge is 2.35. The minimum atomic E-state index is -0.292. The second kappa shape index (κ2) is 5.61. The first-order valence-electron chi connectivity index (χ1n) is 7.38. The number of morpholine rings is 1. The molecule has 0 saturated carbocycles. The zero-order valence-corrected chi connectivity index (χ0v) is 12.0. The van der Waals surface area contributed by atoms with Gasteiger partial charge in [-0.05, 0) is 32.7 Å². The van der Waals surface area contributed by atoms with Gasteiger partial charge in [-0.25, -0.2) is 0 Å². The summed E-state index contributed by atoms with van der Waals surface area (Å²) in [7, 11) is 0. The lowest BCUT2D eigenvalue weighted by Gasteiger charge is -2.33. The SMILES string of the molecule is CCC(C(C)=O)c1nc(C2CN3CCCC3CO2)no1. The van der Waals surface area contributed by atoms with Crippen LogP contribution in [0.3, 0.4) is 0 Å². The highest BCUT2D eigenvalue weighted by atomic mass is 16.5. The Hall–Kier alpha value is -1.27. The fourth-order valence-corrected chi connectivity index (χ4v) is 3.13. The molecule has 110 valence electrons. The van der Waals surface area contributed by atoms with E-state index in [2.05, 4.69) is 15.0 Å². The average molecular weight is 279 g/mol. The molecule has 3 rings (SSSR count). The van der Waals surface area contributed by atoms with Crippen LogP contribution >= 0.6 is 0 Å². The Morgan fingerprint density at radius 3 is 3.15 bits per heavy atom. The molecular weight excluding hydrogens is 258 g/mol. The van der Waals surface area contributed by atoms with E-state index >= 15 is 0 Å². The zero-order chi connectivity index (χ0) is 14.1. The van der Waals surface area contributed by atoms with Gasteiger partial charge < -0.3 is 9.26 Å². The lowest BCUT2D eigenvalue weighted by molar-refractivity contribution is -0.119. The van der Waals surface area contributed by atoms with Crippen molar-refractivity contribution in [3.05, 3.63) is 11.7 Å². The van der Waals surface area contributed by atoms with Crippen molar-refractivity contribution in [2.75, 3.05) is 19.7 Å². The molecule has 6 nitrogen and oxygen atoms in total. The number of hydrogen-bond acceptors (Lipinski definition) is 6. The Labute approximate surface area is 118 Å². The van der Waals surface area contributed by atoms with E-state index in [1.807, 2.05) is 6.92 Å². The molecule has 20 heavy (non-hydrogen) atoms. The molecule has 2 saturated heterocycles. The second-order valence-corrected chi connectivity index (χ2v) is 5.68. The lowest BCUT2D eigenvalue weighted by Crippen LogP contribution is -2.42. The fraction of sp³-hybridized carbons (Fsp3) is 0.786. The molecule has 3 atom stereocenters. The molecule has 1 aromatic rings. The lowest BCUT2D eigenvalue weighted by atomic mass is 10.0. The largest absolute Gasteiger partial charge is 0.367 e. The zero-order valence-electron chi connectivity index (χ0n) is 12.0. The molecule has 0 aliphatic carbocycles. The van der Waals surface area contributed by atoms with E-state index in [1.165, 1.54) is 12.8 Å². The third-order valence-electron chi connectivity index (χ3n) is 4.33. The van der Waals surface area contributed by atoms with Crippen LogP contribution in [0.25, 0.3) is 0 Å². The van der Waals surface area contributed by atoms with Crippen molar-refractivity contribution in [3.63, 3.8) is 0 Å². The number of hydrogen-bond donors (Lipinski definition) is 0. The van der Waals surface area contributed by atoms with Crippen LogP contribution < -0.4 is 0 Å². The molecule has 2 aliphatic rings. The number of carbonyl (C=O) groups excluding carboxylic acids is 1. The molecule has 0 N–H and O–H groups in total. The summed E-state index contributed by atoms with van der Waals surface area (Å²) in [6, 6.07) is 0.554. The van der Waals surface area contributed by atoms with Crippen molar-refractivity contribution < 1.29 is 14.1 Å². The molecule has 2 fully saturated rings. The van der Waals surface area contributed by atoms with Gasteiger partial charge in [-0.2, -0.15) is 4.98 Å². The number of nitrogens with zero attached hydrogens (tertiary/aromatic N) is 3. The van der Waals surface area contributed by atoms with E-state index < -0.39 is 0 Å². The summed E-state index contributed by atoms with van der Waals surface area (Å²) in [5.41, 5.74) is 0. The van der Waals surface area contributed by atoms with Crippen molar-refractivity contribution in [1.29, 1.82) is 0 Å². The van der Waals surface area contributed by atoms with Gasteiger partial charge in [-0.15, -0.1) is 0 Å². The van der Waals surface area contributed by atoms with E-state index in [4.69, 9.17) is 9.26 Å². The van der Waals surface area contributed by atoms with Crippen LogP contribution in [0.15, 0.2) is 4.52 Å². The van der Waals surface area contributed by atoms with Gasteiger partial charge in [0, 0.05) is 12.6 Å². The standard InChI is InChI=1S/C14H21N3O3/c1-3-11(9(2)18)14-15-13(16-20-14)12-7-17-6-4-5-10(17)8-19-12/h10-12H,3-8H2,1-2H3. The summed E-state index contributed by atoms with van der Waals surface area (Å²) in [4.78, 5) is 18.4. The van der Waals surface area contributed by atoms with E-state index in [9.17, 15) is 4.79 Å². The van der Waals surface area contributed by atoms with Crippen LogP contribution in [0.1, 0.15) is 56.8 Å². The van der Waals surface area contributed by atoms with E-state index in [1.54, 1.807) is 6.92 Å². The van der Waals surface area contributed by atoms with Gasteiger partial charge in [0.25, 0.3) is 0 Å². The first-order valence-corrected chi connectivity index (χ1v) is 7.38. The van der Waals surface area contributed by atoms with Crippen LogP contribution in [-0.4, -0.2) is 46.6 Å². The van der Waals surface area contributed by atoms with Crippen LogP contribution in [-0.2, 0) is 9.53 Å². The van der Waals surface area contributed by atoms with Gasteiger partial charge in [0.05, 0.1) is 12.5 Å². The summed E-state index contributed by atoms with van der Waals surface area (Å²) in [5.74, 6) is 0.762. The predicted molar refractivity (Wildman–Crippen MR) is 71.3 cm³/mol.